The maximum Gasteiger partial charge on any atom is 0.214 e. The highest BCUT2D eigenvalue weighted by molar-refractivity contribution is 6.76. The summed E-state index contributed by atoms with van der Waals surface area (Å²) in [5.74, 6) is 1.73. The summed E-state index contributed by atoms with van der Waals surface area (Å²) in [5, 5.41) is 0. The van der Waals surface area contributed by atoms with E-state index in [0.717, 1.165) is 0 Å². The molecule has 6 heteroatoms. The van der Waals surface area contributed by atoms with Gasteiger partial charge in [0, 0.05) is 70.2 Å². The molecule has 358 valence electrons. The van der Waals surface area contributed by atoms with E-state index in [-0.39, 0.29) is 18.0 Å². The molecule has 13 rings (SSSR count). The van der Waals surface area contributed by atoms with Gasteiger partial charge >= 0.3 is 0 Å². The molecule has 5 nitrogen and oxygen atoms in total. The lowest BCUT2D eigenvalue weighted by atomic mass is 9.26. The van der Waals surface area contributed by atoms with Crippen molar-refractivity contribution in [1.29, 1.82) is 0 Å². The van der Waals surface area contributed by atoms with Gasteiger partial charge in [-0.1, -0.05) is 110 Å². The molecule has 0 radical (unpaired) electrons. The molecule has 4 aliphatic heterocycles. The highest BCUT2D eigenvalue weighted by Gasteiger charge is 2.70. The Morgan fingerprint density at radius 1 is 0.701 bits per heavy atom. The molecule has 2 saturated heterocycles. The summed E-state index contributed by atoms with van der Waals surface area (Å²) in [5.41, 5.74) is 12.6. The van der Waals surface area contributed by atoms with E-state index < -0.39 is 0 Å². The first-order valence-electron chi connectivity index (χ1n) is 29.0. The Morgan fingerprint density at radius 2 is 1.55 bits per heavy atom. The minimum absolute atomic E-state index is 0.0793. The molecule has 13 aliphatic rings. The molecule has 2 saturated carbocycles. The molecule has 0 aromatic rings. The van der Waals surface area contributed by atoms with Gasteiger partial charge in [-0.2, -0.15) is 0 Å². The summed E-state index contributed by atoms with van der Waals surface area (Å²) in [7, 11) is 0. The van der Waals surface area contributed by atoms with Gasteiger partial charge in [0.05, 0.1) is 6.04 Å². The van der Waals surface area contributed by atoms with Crippen molar-refractivity contribution < 1.29 is 4.74 Å². The number of nitrogens with zero attached hydrogens (tertiary/aromatic N) is 4. The number of hydrogen-bond donors (Lipinski definition) is 0. The standard InChI is InChI=1S/C61H85BN4O/c1-60(2)61(38-22-9-23-39-61)56-50(43-24-10-3-11-25-43)36-37-51-58(56)66(60)54-41-49(63(44-26-12-4-13-27-44)45-28-14-5-15-29-45)40-53-57(54)62(51)52-42-55(67-59(52)65(53)48-34-20-8-21-35-48)64(46-30-16-6-17-31-46)47-32-18-7-19-33-47/h6,10,16,18,20,24-26,32,34,40,45-48,50,52,54-56,59H,3-5,7-9,11-15,17,19,21-23,27-31,33,35-39,41-42H2,1-2H3. The van der Waals surface area contributed by atoms with Gasteiger partial charge in [0.2, 0.25) is 6.71 Å². The normalized spacial score (nSPS) is 37.7. The molecule has 1 spiro atoms. The molecule has 4 heterocycles. The fourth-order valence-corrected chi connectivity index (χ4v) is 18.4. The highest BCUT2D eigenvalue weighted by Crippen LogP contribution is 2.71. The van der Waals surface area contributed by atoms with Crippen LogP contribution in [0.15, 0.2) is 106 Å². The molecule has 0 aromatic carbocycles. The smallest absolute Gasteiger partial charge is 0.214 e. The zero-order chi connectivity index (χ0) is 44.7. The first kappa shape index (κ1) is 44.0. The van der Waals surface area contributed by atoms with Crippen LogP contribution in [0, 0.1) is 17.3 Å². The Kier molecular flexibility index (Phi) is 11.8. The van der Waals surface area contributed by atoms with Crippen LogP contribution in [0.3, 0.4) is 0 Å². The van der Waals surface area contributed by atoms with Gasteiger partial charge < -0.3 is 19.4 Å². The van der Waals surface area contributed by atoms with E-state index in [2.05, 4.69) is 100 Å². The van der Waals surface area contributed by atoms with Gasteiger partial charge in [-0.25, -0.2) is 0 Å². The third kappa shape index (κ3) is 7.17. The second kappa shape index (κ2) is 18.0. The average molecular weight is 901 g/mol. The molecular weight excluding hydrogens is 816 g/mol. The maximum absolute atomic E-state index is 8.10. The Hall–Kier alpha value is -2.96. The van der Waals surface area contributed by atoms with E-state index in [9.17, 15) is 0 Å². The van der Waals surface area contributed by atoms with Crippen molar-refractivity contribution in [2.24, 2.45) is 17.3 Å². The Bertz CT molecular complexity index is 2190. The molecule has 0 amide bonds. The summed E-state index contributed by atoms with van der Waals surface area (Å²) >= 11 is 0. The van der Waals surface area contributed by atoms with Crippen LogP contribution in [0.5, 0.6) is 0 Å². The first-order valence-corrected chi connectivity index (χ1v) is 29.0. The lowest BCUT2D eigenvalue weighted by molar-refractivity contribution is -0.129. The Labute approximate surface area is 406 Å². The number of fused-ring (bicyclic) bond motifs is 5. The zero-order valence-electron chi connectivity index (χ0n) is 41.9. The van der Waals surface area contributed by atoms with Crippen molar-refractivity contribution in [3.63, 3.8) is 0 Å². The second-order valence-electron chi connectivity index (χ2n) is 24.7. The average Bonchev–Trinajstić information content (AvgIpc) is 3.89. The summed E-state index contributed by atoms with van der Waals surface area (Å²) in [4.78, 5) is 12.3. The van der Waals surface area contributed by atoms with Crippen LogP contribution < -0.4 is 0 Å². The Morgan fingerprint density at radius 3 is 2.30 bits per heavy atom. The summed E-state index contributed by atoms with van der Waals surface area (Å²) in [6, 6.07) is 2.45. The molecule has 0 aromatic heterocycles. The minimum atomic E-state index is 0.0793. The van der Waals surface area contributed by atoms with Crippen molar-refractivity contribution in [3.05, 3.63) is 106 Å². The van der Waals surface area contributed by atoms with E-state index >= 15 is 0 Å². The second-order valence-corrected chi connectivity index (χ2v) is 24.7. The van der Waals surface area contributed by atoms with Crippen molar-refractivity contribution >= 4 is 6.71 Å². The van der Waals surface area contributed by atoms with Crippen molar-refractivity contribution in [2.45, 2.75) is 254 Å². The molecule has 67 heavy (non-hydrogen) atoms. The lowest BCUT2D eigenvalue weighted by Gasteiger charge is -2.58. The van der Waals surface area contributed by atoms with E-state index in [0.29, 0.717) is 60.0 Å². The van der Waals surface area contributed by atoms with Crippen LogP contribution in [0.25, 0.3) is 0 Å². The molecule has 4 fully saturated rings. The summed E-state index contributed by atoms with van der Waals surface area (Å²) in [6.45, 7) is 6.06. The molecule has 9 unspecified atom stereocenters. The number of rotatable bonds is 8. The topological polar surface area (TPSA) is 22.2 Å². The van der Waals surface area contributed by atoms with Gasteiger partial charge in [0.25, 0.3) is 0 Å². The highest BCUT2D eigenvalue weighted by atomic mass is 16.5. The van der Waals surface area contributed by atoms with E-state index in [1.807, 2.05) is 16.6 Å². The SMILES string of the molecule is CC1(C)N2C3=C(CCC(C4=CCCC=C4)C3C13CCCCC3)B1C3=C(C=C(N(C4=CCCCC4)C4CCCCC4)CC32)N(C2C=CCCC2)C2OC(N(C3C=CCCC3)C3CC=CCC3)CC12. The predicted molar refractivity (Wildman–Crippen MR) is 277 cm³/mol. The minimum Gasteiger partial charge on any atom is -0.363 e. The third-order valence-electron chi connectivity index (χ3n) is 21.1. The monoisotopic (exact) mass is 901 g/mol. The van der Waals surface area contributed by atoms with Gasteiger partial charge in [0.1, 0.15) is 12.5 Å². The van der Waals surface area contributed by atoms with Crippen molar-refractivity contribution in [2.75, 3.05) is 0 Å². The first-order chi connectivity index (χ1) is 33.0. The maximum atomic E-state index is 8.10. The molecule has 0 N–H and O–H groups in total. The predicted octanol–water partition coefficient (Wildman–Crippen LogP) is 14.6. The molecule has 9 aliphatic carbocycles. The molecule has 0 bridgehead atoms. The summed E-state index contributed by atoms with van der Waals surface area (Å²) in [6.07, 6.45) is 66.6. The van der Waals surface area contributed by atoms with Gasteiger partial charge in [-0.3, -0.25) is 4.90 Å². The largest absolute Gasteiger partial charge is 0.363 e. The number of hydrogen-bond acceptors (Lipinski definition) is 5. The quantitative estimate of drug-likeness (QED) is 0.178. The van der Waals surface area contributed by atoms with Gasteiger partial charge in [0.15, 0.2) is 0 Å². The molecular formula is C61H85BN4O. The van der Waals surface area contributed by atoms with E-state index in [1.165, 1.54) is 186 Å². The van der Waals surface area contributed by atoms with Crippen LogP contribution in [0.2, 0.25) is 5.82 Å². The lowest BCUT2D eigenvalue weighted by Crippen LogP contribution is -2.62. The van der Waals surface area contributed by atoms with Crippen LogP contribution in [0.4, 0.5) is 0 Å². The number of ether oxygens (including phenoxy) is 1. The van der Waals surface area contributed by atoms with E-state index in [1.54, 1.807) is 22.7 Å². The van der Waals surface area contributed by atoms with Crippen LogP contribution in [-0.2, 0) is 4.74 Å². The summed E-state index contributed by atoms with van der Waals surface area (Å²) < 4.78 is 8.10. The molecule has 9 atom stereocenters. The number of allylic oxidation sites excluding steroid dienone is 12. The Balaban J connectivity index is 1.03. The van der Waals surface area contributed by atoms with Crippen LogP contribution >= 0.6 is 0 Å². The van der Waals surface area contributed by atoms with Gasteiger partial charge in [-0.15, -0.1) is 0 Å². The van der Waals surface area contributed by atoms with Crippen LogP contribution in [-0.4, -0.2) is 74.5 Å². The third-order valence-corrected chi connectivity index (χ3v) is 21.1. The fourth-order valence-electron chi connectivity index (χ4n) is 18.4. The van der Waals surface area contributed by atoms with Crippen molar-refractivity contribution in [3.8, 4) is 0 Å². The van der Waals surface area contributed by atoms with Crippen LogP contribution in [0.1, 0.15) is 200 Å². The fraction of sp³-hybridized carbons (Fsp3) is 0.705. The van der Waals surface area contributed by atoms with Gasteiger partial charge in [-0.05, 0) is 178 Å². The van der Waals surface area contributed by atoms with Crippen molar-refractivity contribution in [1.82, 2.24) is 19.6 Å². The zero-order valence-corrected chi connectivity index (χ0v) is 41.9. The van der Waals surface area contributed by atoms with E-state index in [4.69, 9.17) is 4.74 Å².